The van der Waals surface area contributed by atoms with Crippen molar-refractivity contribution < 1.29 is 9.59 Å². The predicted molar refractivity (Wildman–Crippen MR) is 100 cm³/mol. The van der Waals surface area contributed by atoms with E-state index in [4.69, 9.17) is 5.73 Å². The maximum atomic E-state index is 12.0. The summed E-state index contributed by atoms with van der Waals surface area (Å²) in [5.74, 6) is 0.783. The molecule has 1 aliphatic rings. The zero-order valence-corrected chi connectivity index (χ0v) is 15.1. The smallest absolute Gasteiger partial charge is 0.251 e. The van der Waals surface area contributed by atoms with Gasteiger partial charge in [-0.15, -0.1) is 0 Å². The lowest BCUT2D eigenvalue weighted by Gasteiger charge is -2.20. The molecule has 1 saturated carbocycles. The highest BCUT2D eigenvalue weighted by Gasteiger charge is 2.14. The third-order valence-corrected chi connectivity index (χ3v) is 4.92. The second-order valence-electron chi connectivity index (χ2n) is 6.90. The van der Waals surface area contributed by atoms with Crippen LogP contribution in [0.1, 0.15) is 67.3 Å². The van der Waals surface area contributed by atoms with Crippen LogP contribution in [0.3, 0.4) is 0 Å². The first-order valence-electron chi connectivity index (χ1n) is 9.53. The van der Waals surface area contributed by atoms with Gasteiger partial charge in [-0.05, 0) is 36.5 Å². The predicted octanol–water partition coefficient (Wildman–Crippen LogP) is 2.74. The fourth-order valence-corrected chi connectivity index (χ4v) is 3.31. The summed E-state index contributed by atoms with van der Waals surface area (Å²) in [7, 11) is 0. The summed E-state index contributed by atoms with van der Waals surface area (Å²) in [5, 5.41) is 5.82. The fourth-order valence-electron chi connectivity index (χ4n) is 3.31. The quantitative estimate of drug-likeness (QED) is 0.602. The van der Waals surface area contributed by atoms with Gasteiger partial charge in [-0.25, -0.2) is 0 Å². The van der Waals surface area contributed by atoms with Gasteiger partial charge in [0.05, 0.1) is 0 Å². The summed E-state index contributed by atoms with van der Waals surface area (Å²) in [6, 6.07) is 7.29. The lowest BCUT2D eigenvalue weighted by Crippen LogP contribution is -2.30. The van der Waals surface area contributed by atoms with E-state index < -0.39 is 0 Å². The largest absolute Gasteiger partial charge is 0.356 e. The Bertz CT molecular complexity index is 536. The van der Waals surface area contributed by atoms with Crippen LogP contribution in [-0.2, 0) is 11.3 Å². The number of hydrogen-bond donors (Lipinski definition) is 3. The van der Waals surface area contributed by atoms with Crippen molar-refractivity contribution >= 4 is 11.8 Å². The maximum Gasteiger partial charge on any atom is 0.251 e. The number of nitrogens with two attached hydrogens (primary N) is 1. The van der Waals surface area contributed by atoms with Gasteiger partial charge < -0.3 is 16.4 Å². The van der Waals surface area contributed by atoms with Crippen molar-refractivity contribution in [2.24, 2.45) is 11.7 Å². The number of hydrogen-bond acceptors (Lipinski definition) is 3. The van der Waals surface area contributed by atoms with Crippen LogP contribution in [0, 0.1) is 5.92 Å². The Morgan fingerprint density at radius 2 is 1.68 bits per heavy atom. The minimum absolute atomic E-state index is 0.0906. The number of benzene rings is 1. The molecule has 1 aliphatic carbocycles. The molecule has 1 aromatic carbocycles. The molecule has 0 unspecified atom stereocenters. The van der Waals surface area contributed by atoms with Gasteiger partial charge in [-0.2, -0.15) is 0 Å². The summed E-state index contributed by atoms with van der Waals surface area (Å²) in [6.45, 7) is 1.64. The molecule has 0 bridgehead atoms. The third-order valence-electron chi connectivity index (χ3n) is 4.92. The van der Waals surface area contributed by atoms with E-state index in [1.807, 2.05) is 12.1 Å². The first kappa shape index (κ1) is 19.4. The van der Waals surface area contributed by atoms with E-state index in [0.717, 1.165) is 24.3 Å². The molecular weight excluding hydrogens is 314 g/mol. The van der Waals surface area contributed by atoms with E-state index in [9.17, 15) is 9.59 Å². The van der Waals surface area contributed by atoms with Crippen LogP contribution in [0.4, 0.5) is 0 Å². The van der Waals surface area contributed by atoms with Crippen molar-refractivity contribution in [2.75, 3.05) is 13.1 Å². The summed E-state index contributed by atoms with van der Waals surface area (Å²) in [6.07, 6.45) is 8.94. The second kappa shape index (κ2) is 10.9. The van der Waals surface area contributed by atoms with E-state index in [0.29, 0.717) is 31.6 Å². The fraction of sp³-hybridized carbons (Fsp3) is 0.600. The van der Waals surface area contributed by atoms with Crippen molar-refractivity contribution in [1.29, 1.82) is 0 Å². The topological polar surface area (TPSA) is 84.2 Å². The van der Waals surface area contributed by atoms with Crippen molar-refractivity contribution in [3.63, 3.8) is 0 Å². The van der Waals surface area contributed by atoms with Crippen LogP contribution < -0.4 is 16.4 Å². The molecule has 0 heterocycles. The third kappa shape index (κ3) is 7.26. The molecule has 2 rings (SSSR count). The molecule has 138 valence electrons. The van der Waals surface area contributed by atoms with Crippen LogP contribution in [0.15, 0.2) is 24.3 Å². The zero-order valence-electron chi connectivity index (χ0n) is 15.1. The molecular formula is C20H31N3O2. The highest BCUT2D eigenvalue weighted by molar-refractivity contribution is 5.94. The van der Waals surface area contributed by atoms with Crippen molar-refractivity contribution in [1.82, 2.24) is 10.6 Å². The molecule has 1 aromatic rings. The molecule has 5 heteroatoms. The highest BCUT2D eigenvalue weighted by atomic mass is 16.2. The Morgan fingerprint density at radius 1 is 1.00 bits per heavy atom. The Labute approximate surface area is 150 Å². The maximum absolute atomic E-state index is 12.0. The Kier molecular flexibility index (Phi) is 8.46. The average molecular weight is 345 g/mol. The number of nitrogens with one attached hydrogen (secondary N) is 2. The Morgan fingerprint density at radius 3 is 2.36 bits per heavy atom. The lowest BCUT2D eigenvalue weighted by atomic mass is 9.86. The molecule has 0 aromatic heterocycles. The first-order valence-corrected chi connectivity index (χ1v) is 9.53. The molecule has 25 heavy (non-hydrogen) atoms. The highest BCUT2D eigenvalue weighted by Crippen LogP contribution is 2.27. The SMILES string of the molecule is NCc1ccc(C(=O)NCCCNC(=O)CCC2CCCCC2)cc1. The van der Waals surface area contributed by atoms with Crippen molar-refractivity contribution in [3.05, 3.63) is 35.4 Å². The van der Waals surface area contributed by atoms with E-state index >= 15 is 0 Å². The normalized spacial score (nSPS) is 14.9. The molecule has 0 spiro atoms. The van der Waals surface area contributed by atoms with Crippen LogP contribution in [0.25, 0.3) is 0 Å². The molecule has 0 radical (unpaired) electrons. The zero-order chi connectivity index (χ0) is 17.9. The minimum atomic E-state index is -0.0906. The number of rotatable bonds is 9. The first-order chi connectivity index (χ1) is 12.2. The van der Waals surface area contributed by atoms with Crippen LogP contribution in [0.2, 0.25) is 0 Å². The van der Waals surface area contributed by atoms with Crippen molar-refractivity contribution in [3.8, 4) is 0 Å². The molecule has 0 aliphatic heterocycles. The lowest BCUT2D eigenvalue weighted by molar-refractivity contribution is -0.121. The summed E-state index contributed by atoms with van der Waals surface area (Å²) < 4.78 is 0. The summed E-state index contributed by atoms with van der Waals surface area (Å²) in [5.41, 5.74) is 7.18. The minimum Gasteiger partial charge on any atom is -0.356 e. The van der Waals surface area contributed by atoms with E-state index in [-0.39, 0.29) is 11.8 Å². The van der Waals surface area contributed by atoms with Gasteiger partial charge in [0.25, 0.3) is 5.91 Å². The summed E-state index contributed by atoms with van der Waals surface area (Å²) in [4.78, 5) is 23.8. The molecule has 0 atom stereocenters. The Balaban J connectivity index is 1.53. The van der Waals surface area contributed by atoms with E-state index in [1.165, 1.54) is 32.1 Å². The van der Waals surface area contributed by atoms with Crippen LogP contribution in [-0.4, -0.2) is 24.9 Å². The van der Waals surface area contributed by atoms with E-state index in [1.54, 1.807) is 12.1 Å². The number of carbonyl (C=O) groups excluding carboxylic acids is 2. The van der Waals surface area contributed by atoms with Crippen LogP contribution >= 0.6 is 0 Å². The molecule has 2 amide bonds. The van der Waals surface area contributed by atoms with Gasteiger partial charge in [0.15, 0.2) is 0 Å². The second-order valence-corrected chi connectivity index (χ2v) is 6.90. The van der Waals surface area contributed by atoms with Gasteiger partial charge in [0, 0.05) is 31.6 Å². The Hall–Kier alpha value is -1.88. The average Bonchev–Trinajstić information content (AvgIpc) is 2.67. The van der Waals surface area contributed by atoms with Gasteiger partial charge >= 0.3 is 0 Å². The van der Waals surface area contributed by atoms with Gasteiger partial charge in [0.2, 0.25) is 5.91 Å². The molecule has 4 N–H and O–H groups in total. The number of amides is 2. The molecule has 5 nitrogen and oxygen atoms in total. The van der Waals surface area contributed by atoms with Gasteiger partial charge in [0.1, 0.15) is 0 Å². The standard InChI is InChI=1S/C20H31N3O2/c21-15-17-7-10-18(11-8-17)20(25)23-14-4-13-22-19(24)12-9-16-5-2-1-3-6-16/h7-8,10-11,16H,1-6,9,12-15,21H2,(H,22,24)(H,23,25). The van der Waals surface area contributed by atoms with Gasteiger partial charge in [-0.3, -0.25) is 9.59 Å². The van der Waals surface area contributed by atoms with Crippen LogP contribution in [0.5, 0.6) is 0 Å². The number of carbonyl (C=O) groups is 2. The van der Waals surface area contributed by atoms with E-state index in [2.05, 4.69) is 10.6 Å². The monoisotopic (exact) mass is 345 g/mol. The molecule has 0 saturated heterocycles. The molecule has 1 fully saturated rings. The summed E-state index contributed by atoms with van der Waals surface area (Å²) >= 11 is 0. The van der Waals surface area contributed by atoms with Gasteiger partial charge in [-0.1, -0.05) is 44.2 Å². The van der Waals surface area contributed by atoms with Crippen molar-refractivity contribution in [2.45, 2.75) is 57.9 Å².